The van der Waals surface area contributed by atoms with Crippen molar-refractivity contribution in [2.45, 2.75) is 37.3 Å². The number of methoxy groups -OCH3 is 4. The third-order valence-corrected chi connectivity index (χ3v) is 3.75. The van der Waals surface area contributed by atoms with Crippen LogP contribution < -0.4 is 0 Å². The van der Waals surface area contributed by atoms with Gasteiger partial charge in [-0.3, -0.25) is 0 Å². The zero-order valence-electron chi connectivity index (χ0n) is 24.1. The lowest BCUT2D eigenvalue weighted by atomic mass is 10.3. The number of aliphatic hydroxyl groups excluding tert-OH is 8. The van der Waals surface area contributed by atoms with Gasteiger partial charge >= 0.3 is 0 Å². The molecule has 4 unspecified atom stereocenters. The normalized spacial score (nSPS) is 13.5. The Morgan fingerprint density at radius 1 is 0.410 bits per heavy atom. The predicted molar refractivity (Wildman–Crippen MR) is 142 cm³/mol. The van der Waals surface area contributed by atoms with Gasteiger partial charge in [0.2, 0.25) is 0 Å². The van der Waals surface area contributed by atoms with E-state index < -0.39 is 24.4 Å². The summed E-state index contributed by atoms with van der Waals surface area (Å²) in [4.78, 5) is 0. The fourth-order valence-corrected chi connectivity index (χ4v) is 2.10. The maximum atomic E-state index is 9.04. The van der Waals surface area contributed by atoms with E-state index in [1.807, 2.05) is 0 Å². The molecule has 0 radical (unpaired) electrons. The largest absolute Gasteiger partial charge is 0.396 e. The first-order valence-electron chi connectivity index (χ1n) is 12.6. The Morgan fingerprint density at radius 2 is 0.744 bits per heavy atom. The van der Waals surface area contributed by atoms with Crippen LogP contribution >= 0.6 is 0 Å². The fraction of sp³-hybridized carbons (Fsp3) is 1.00. The van der Waals surface area contributed by atoms with Crippen molar-refractivity contribution in [1.29, 1.82) is 0 Å². The third-order valence-electron chi connectivity index (χ3n) is 3.75. The summed E-state index contributed by atoms with van der Waals surface area (Å²) in [5, 5.41) is 68.8. The molecule has 0 heterocycles. The molecule has 4 atom stereocenters. The molecule has 0 amide bonds. The first kappa shape index (κ1) is 45.4. The van der Waals surface area contributed by atoms with Gasteiger partial charge in [0.05, 0.1) is 78.8 Å². The van der Waals surface area contributed by atoms with Crippen LogP contribution in [0, 0.1) is 0 Å². The van der Waals surface area contributed by atoms with Crippen LogP contribution in [0.3, 0.4) is 0 Å². The Hall–Kier alpha value is -0.600. The van der Waals surface area contributed by atoms with Crippen molar-refractivity contribution in [1.82, 2.24) is 0 Å². The van der Waals surface area contributed by atoms with Crippen LogP contribution in [0.5, 0.6) is 0 Å². The van der Waals surface area contributed by atoms with Crippen LogP contribution in [0.25, 0.3) is 0 Å². The lowest BCUT2D eigenvalue weighted by molar-refractivity contribution is -0.0140. The molecular formula is C24H56O15. The van der Waals surface area contributed by atoms with Gasteiger partial charge in [-0.15, -0.1) is 0 Å². The van der Waals surface area contributed by atoms with Crippen molar-refractivity contribution in [3.63, 3.8) is 0 Å². The van der Waals surface area contributed by atoms with E-state index in [-0.39, 0.29) is 72.7 Å². The van der Waals surface area contributed by atoms with Crippen LogP contribution in [0.4, 0.5) is 0 Å². The molecule has 0 saturated heterocycles. The van der Waals surface area contributed by atoms with Crippen LogP contribution in [0.15, 0.2) is 0 Å². The third kappa shape index (κ3) is 50.7. The van der Waals surface area contributed by atoms with Crippen LogP contribution in [0.2, 0.25) is 0 Å². The van der Waals surface area contributed by atoms with E-state index in [2.05, 4.69) is 18.9 Å². The second-order valence-corrected chi connectivity index (χ2v) is 7.70. The molecule has 0 saturated carbocycles. The van der Waals surface area contributed by atoms with Gasteiger partial charge in [0, 0.05) is 48.3 Å². The summed E-state index contributed by atoms with van der Waals surface area (Å²) in [6.07, 6.45) is -1.23. The number of hydrogen-bond acceptors (Lipinski definition) is 15. The lowest BCUT2D eigenvalue weighted by Crippen LogP contribution is -2.21. The molecule has 15 nitrogen and oxygen atoms in total. The average Bonchev–Trinajstić information content (AvgIpc) is 2.89. The number of rotatable bonds is 23. The zero-order valence-corrected chi connectivity index (χ0v) is 24.1. The van der Waals surface area contributed by atoms with Crippen molar-refractivity contribution < 1.29 is 74.0 Å². The molecule has 0 bridgehead atoms. The highest BCUT2D eigenvalue weighted by molar-refractivity contribution is 4.51. The highest BCUT2D eigenvalue weighted by Gasteiger charge is 2.03. The molecule has 0 aliphatic rings. The summed E-state index contributed by atoms with van der Waals surface area (Å²) in [5.74, 6) is 0. The second kappa shape index (κ2) is 41.9. The molecule has 0 aromatic carbocycles. The summed E-state index contributed by atoms with van der Waals surface area (Å²) < 4.78 is 33.2. The molecule has 0 rings (SSSR count). The quantitative estimate of drug-likeness (QED) is 0.0553. The Bertz CT molecular complexity index is 373. The van der Waals surface area contributed by atoms with Gasteiger partial charge in [0.25, 0.3) is 0 Å². The van der Waals surface area contributed by atoms with Crippen molar-refractivity contribution in [2.75, 3.05) is 121 Å². The first-order chi connectivity index (χ1) is 18.7. The van der Waals surface area contributed by atoms with Crippen molar-refractivity contribution in [3.8, 4) is 0 Å². The van der Waals surface area contributed by atoms with Gasteiger partial charge in [0.1, 0.15) is 18.3 Å². The van der Waals surface area contributed by atoms with E-state index in [4.69, 9.17) is 55.1 Å². The molecule has 0 fully saturated rings. The Balaban J connectivity index is -0.000000211. The summed E-state index contributed by atoms with van der Waals surface area (Å²) in [7, 11) is 6.06. The van der Waals surface area contributed by atoms with Gasteiger partial charge in [-0.1, -0.05) is 0 Å². The fourth-order valence-electron chi connectivity index (χ4n) is 2.10. The summed E-state index contributed by atoms with van der Waals surface area (Å²) in [6, 6.07) is 0. The molecule has 39 heavy (non-hydrogen) atoms. The minimum absolute atomic E-state index is 0.0142. The smallest absolute Gasteiger partial charge is 0.101 e. The Kier molecular flexibility index (Phi) is 48.7. The monoisotopic (exact) mass is 584 g/mol. The highest BCUT2D eigenvalue weighted by Crippen LogP contribution is 1.89. The van der Waals surface area contributed by atoms with Crippen molar-refractivity contribution in [2.24, 2.45) is 0 Å². The molecular weight excluding hydrogens is 528 g/mol. The van der Waals surface area contributed by atoms with E-state index in [0.717, 1.165) is 0 Å². The van der Waals surface area contributed by atoms with Crippen LogP contribution in [0.1, 0.15) is 12.8 Å². The number of ether oxygens (including phenoxy) is 7. The Morgan fingerprint density at radius 3 is 1.03 bits per heavy atom. The summed E-state index contributed by atoms with van der Waals surface area (Å²) in [6.45, 7) is 2.97. The van der Waals surface area contributed by atoms with E-state index in [1.54, 1.807) is 0 Å². The van der Waals surface area contributed by atoms with E-state index in [1.165, 1.54) is 28.4 Å². The van der Waals surface area contributed by atoms with Gasteiger partial charge in [-0.05, 0) is 12.8 Å². The number of hydrogen-bond donors (Lipinski definition) is 8. The first-order valence-corrected chi connectivity index (χ1v) is 12.6. The molecule has 242 valence electrons. The number of aliphatic hydroxyl groups is 8. The zero-order chi connectivity index (χ0) is 30.6. The lowest BCUT2D eigenvalue weighted by Gasteiger charge is -2.08. The maximum absolute atomic E-state index is 9.04. The molecule has 0 spiro atoms. The Labute approximate surface area is 232 Å². The second-order valence-electron chi connectivity index (χ2n) is 7.70. The van der Waals surface area contributed by atoms with E-state index >= 15 is 0 Å². The molecule has 0 aliphatic heterocycles. The highest BCUT2D eigenvalue weighted by atomic mass is 16.5. The van der Waals surface area contributed by atoms with Crippen molar-refractivity contribution in [3.05, 3.63) is 0 Å². The van der Waals surface area contributed by atoms with Crippen LogP contribution in [-0.4, -0.2) is 186 Å². The molecule has 0 aromatic rings. The summed E-state index contributed by atoms with van der Waals surface area (Å²) in [5.41, 5.74) is 0. The van der Waals surface area contributed by atoms with Gasteiger partial charge in [0.15, 0.2) is 0 Å². The molecule has 0 aromatic heterocycles. The topological polar surface area (TPSA) is 226 Å². The SMILES string of the molecule is COCC(O)CCO.COCC(O)COCCCO.COCC(O)COCCO.COCC(O)COCCO. The minimum Gasteiger partial charge on any atom is -0.396 e. The van der Waals surface area contributed by atoms with Gasteiger partial charge in [-0.25, -0.2) is 0 Å². The maximum Gasteiger partial charge on any atom is 0.101 e. The molecule has 8 N–H and O–H groups in total. The molecule has 0 aliphatic carbocycles. The predicted octanol–water partition coefficient (Wildman–Crippen LogP) is -3.23. The van der Waals surface area contributed by atoms with E-state index in [9.17, 15) is 0 Å². The van der Waals surface area contributed by atoms with Gasteiger partial charge in [-0.2, -0.15) is 0 Å². The van der Waals surface area contributed by atoms with Crippen LogP contribution in [-0.2, 0) is 33.2 Å². The van der Waals surface area contributed by atoms with Gasteiger partial charge < -0.3 is 74.0 Å². The summed E-state index contributed by atoms with van der Waals surface area (Å²) >= 11 is 0. The molecule has 15 heteroatoms. The van der Waals surface area contributed by atoms with Crippen molar-refractivity contribution >= 4 is 0 Å². The minimum atomic E-state index is -0.587. The standard InChI is InChI=1S/C7H16O4.2C6H14O4.C5H12O3/c1-10-5-7(9)6-11-4-2-3-8;2*1-9-4-6(8)5-10-3-2-7;1-8-4-5(7)2-3-6/h7-9H,2-6H2,1H3;2*6-8H,2-5H2,1H3;5-7H,2-4H2,1H3. The van der Waals surface area contributed by atoms with E-state index in [0.29, 0.717) is 32.7 Å². The average molecular weight is 585 g/mol.